The monoisotopic (exact) mass is 380 g/mol. The molecule has 0 saturated heterocycles. The van der Waals surface area contributed by atoms with Crippen LogP contribution in [-0.2, 0) is 16.6 Å². The maximum absolute atomic E-state index is 12.4. The summed E-state index contributed by atoms with van der Waals surface area (Å²) in [6, 6.07) is 22.7. The van der Waals surface area contributed by atoms with Crippen LogP contribution in [-0.4, -0.2) is 14.3 Å². The maximum Gasteiger partial charge on any atom is 0.255 e. The summed E-state index contributed by atoms with van der Waals surface area (Å²) in [5, 5.41) is 2.78. The first kappa shape index (κ1) is 18.8. The van der Waals surface area contributed by atoms with Gasteiger partial charge in [-0.1, -0.05) is 48.5 Å². The van der Waals surface area contributed by atoms with Gasteiger partial charge in [-0.3, -0.25) is 4.79 Å². The zero-order valence-electron chi connectivity index (χ0n) is 14.8. The number of sulfonamides is 1. The van der Waals surface area contributed by atoms with E-state index in [2.05, 4.69) is 10.0 Å². The van der Waals surface area contributed by atoms with Gasteiger partial charge in [0, 0.05) is 17.8 Å². The van der Waals surface area contributed by atoms with Crippen molar-refractivity contribution in [3.63, 3.8) is 0 Å². The molecule has 0 atom stereocenters. The highest BCUT2D eigenvalue weighted by atomic mass is 32.2. The van der Waals surface area contributed by atoms with Crippen molar-refractivity contribution >= 4 is 21.6 Å². The lowest BCUT2D eigenvalue weighted by molar-refractivity contribution is 0.102. The third kappa shape index (κ3) is 4.81. The van der Waals surface area contributed by atoms with Crippen molar-refractivity contribution in [2.24, 2.45) is 0 Å². The van der Waals surface area contributed by atoms with Gasteiger partial charge >= 0.3 is 0 Å². The van der Waals surface area contributed by atoms with Gasteiger partial charge < -0.3 is 5.32 Å². The van der Waals surface area contributed by atoms with Gasteiger partial charge in [0.1, 0.15) is 0 Å². The molecule has 0 saturated carbocycles. The molecule has 0 bridgehead atoms. The van der Waals surface area contributed by atoms with E-state index in [-0.39, 0.29) is 17.3 Å². The van der Waals surface area contributed by atoms with E-state index in [0.717, 1.165) is 11.1 Å². The van der Waals surface area contributed by atoms with Crippen molar-refractivity contribution in [1.29, 1.82) is 0 Å². The van der Waals surface area contributed by atoms with Crippen LogP contribution in [0.25, 0.3) is 0 Å². The zero-order valence-corrected chi connectivity index (χ0v) is 15.7. The molecule has 3 aromatic carbocycles. The molecule has 0 aliphatic heterocycles. The Bertz CT molecular complexity index is 1030. The van der Waals surface area contributed by atoms with Crippen molar-refractivity contribution in [3.05, 3.63) is 95.6 Å². The molecule has 0 heterocycles. The molecular weight excluding hydrogens is 360 g/mol. The van der Waals surface area contributed by atoms with Crippen LogP contribution in [0.4, 0.5) is 5.69 Å². The van der Waals surface area contributed by atoms with Gasteiger partial charge in [0.15, 0.2) is 0 Å². The molecule has 6 heteroatoms. The lowest BCUT2D eigenvalue weighted by Crippen LogP contribution is -2.23. The molecule has 27 heavy (non-hydrogen) atoms. The number of hydrogen-bond donors (Lipinski definition) is 2. The fourth-order valence-electron chi connectivity index (χ4n) is 2.60. The molecule has 3 rings (SSSR count). The minimum absolute atomic E-state index is 0.146. The minimum atomic E-state index is -3.63. The van der Waals surface area contributed by atoms with Crippen LogP contribution in [0.5, 0.6) is 0 Å². The third-order valence-electron chi connectivity index (χ3n) is 4.12. The number of amides is 1. The number of aryl methyl sites for hydroxylation is 1. The van der Waals surface area contributed by atoms with E-state index in [0.29, 0.717) is 11.3 Å². The largest absolute Gasteiger partial charge is 0.322 e. The number of rotatable bonds is 6. The highest BCUT2D eigenvalue weighted by Gasteiger charge is 2.14. The normalized spacial score (nSPS) is 11.1. The van der Waals surface area contributed by atoms with Crippen molar-refractivity contribution in [2.45, 2.75) is 18.4 Å². The summed E-state index contributed by atoms with van der Waals surface area (Å²) in [4.78, 5) is 12.5. The Morgan fingerprint density at radius 2 is 1.48 bits per heavy atom. The minimum Gasteiger partial charge on any atom is -0.322 e. The summed E-state index contributed by atoms with van der Waals surface area (Å²) in [6.45, 7) is 2.08. The van der Waals surface area contributed by atoms with Crippen LogP contribution in [0.1, 0.15) is 21.5 Å². The van der Waals surface area contributed by atoms with Crippen LogP contribution in [0.3, 0.4) is 0 Å². The molecule has 0 aliphatic rings. The lowest BCUT2D eigenvalue weighted by atomic mass is 10.1. The Morgan fingerprint density at radius 1 is 0.852 bits per heavy atom. The molecule has 0 radical (unpaired) electrons. The predicted octanol–water partition coefficient (Wildman–Crippen LogP) is 3.73. The van der Waals surface area contributed by atoms with Crippen LogP contribution in [0, 0.1) is 6.92 Å². The first-order chi connectivity index (χ1) is 13.0. The Morgan fingerprint density at radius 3 is 2.15 bits per heavy atom. The van der Waals surface area contributed by atoms with E-state index in [4.69, 9.17) is 0 Å². The molecule has 0 unspecified atom stereocenters. The number of hydrogen-bond acceptors (Lipinski definition) is 3. The molecule has 2 N–H and O–H groups in total. The Balaban J connectivity index is 1.67. The zero-order chi connectivity index (χ0) is 19.3. The molecule has 0 spiro atoms. The van der Waals surface area contributed by atoms with Crippen LogP contribution >= 0.6 is 0 Å². The Hall–Kier alpha value is -2.96. The van der Waals surface area contributed by atoms with Gasteiger partial charge in [0.05, 0.1) is 4.90 Å². The first-order valence-electron chi connectivity index (χ1n) is 8.46. The van der Waals surface area contributed by atoms with Crippen LogP contribution in [0.15, 0.2) is 83.8 Å². The number of anilines is 1. The topological polar surface area (TPSA) is 75.3 Å². The molecule has 0 fully saturated rings. The molecule has 5 nitrogen and oxygen atoms in total. The van der Waals surface area contributed by atoms with Crippen molar-refractivity contribution in [2.75, 3.05) is 5.32 Å². The fourth-order valence-corrected chi connectivity index (χ4v) is 3.62. The second-order valence-corrected chi connectivity index (χ2v) is 7.87. The first-order valence-corrected chi connectivity index (χ1v) is 9.95. The van der Waals surface area contributed by atoms with E-state index in [9.17, 15) is 13.2 Å². The second-order valence-electron chi connectivity index (χ2n) is 6.10. The van der Waals surface area contributed by atoms with E-state index in [1.54, 1.807) is 24.3 Å². The van der Waals surface area contributed by atoms with Crippen molar-refractivity contribution in [3.8, 4) is 0 Å². The van der Waals surface area contributed by atoms with Crippen molar-refractivity contribution in [1.82, 2.24) is 4.72 Å². The molecule has 0 aromatic heterocycles. The molecule has 138 valence electrons. The number of benzene rings is 3. The summed E-state index contributed by atoms with van der Waals surface area (Å²) in [5.41, 5.74) is 2.87. The summed E-state index contributed by atoms with van der Waals surface area (Å²) < 4.78 is 27.4. The summed E-state index contributed by atoms with van der Waals surface area (Å²) >= 11 is 0. The smallest absolute Gasteiger partial charge is 0.255 e. The Kier molecular flexibility index (Phi) is 5.69. The molecule has 0 aliphatic carbocycles. The number of carbonyl (C=O) groups excluding carboxylic acids is 1. The number of carbonyl (C=O) groups is 1. The van der Waals surface area contributed by atoms with E-state index in [1.165, 1.54) is 12.1 Å². The Labute approximate surface area is 159 Å². The fraction of sp³-hybridized carbons (Fsp3) is 0.0952. The molecule has 1 amide bonds. The van der Waals surface area contributed by atoms with Crippen LogP contribution in [0.2, 0.25) is 0 Å². The van der Waals surface area contributed by atoms with Gasteiger partial charge in [0.25, 0.3) is 5.91 Å². The maximum atomic E-state index is 12.4. The summed E-state index contributed by atoms with van der Waals surface area (Å²) in [6.07, 6.45) is 0. The third-order valence-corrected chi connectivity index (χ3v) is 5.54. The summed E-state index contributed by atoms with van der Waals surface area (Å²) in [5.74, 6) is -0.231. The quantitative estimate of drug-likeness (QED) is 0.684. The van der Waals surface area contributed by atoms with Gasteiger partial charge in [-0.25, -0.2) is 13.1 Å². The highest BCUT2D eigenvalue weighted by molar-refractivity contribution is 7.89. The average Bonchev–Trinajstić information content (AvgIpc) is 2.68. The second kappa shape index (κ2) is 8.16. The van der Waals surface area contributed by atoms with E-state index >= 15 is 0 Å². The SMILES string of the molecule is Cc1ccccc1C(=O)Nc1ccc(S(=O)(=O)NCc2ccccc2)cc1. The van der Waals surface area contributed by atoms with E-state index < -0.39 is 10.0 Å². The van der Waals surface area contributed by atoms with Gasteiger partial charge in [-0.05, 0) is 48.4 Å². The number of nitrogens with one attached hydrogen (secondary N) is 2. The molecule has 3 aromatic rings. The van der Waals surface area contributed by atoms with Gasteiger partial charge in [-0.2, -0.15) is 0 Å². The lowest BCUT2D eigenvalue weighted by Gasteiger charge is -2.10. The highest BCUT2D eigenvalue weighted by Crippen LogP contribution is 2.16. The van der Waals surface area contributed by atoms with E-state index in [1.807, 2.05) is 49.4 Å². The standard InChI is InChI=1S/C21H20N2O3S/c1-16-7-5-6-10-20(16)21(24)23-18-11-13-19(14-12-18)27(25,26)22-15-17-8-3-2-4-9-17/h2-14,22H,15H2,1H3,(H,23,24). The molecular formula is C21H20N2O3S. The van der Waals surface area contributed by atoms with Gasteiger partial charge in [0.2, 0.25) is 10.0 Å². The van der Waals surface area contributed by atoms with Crippen LogP contribution < -0.4 is 10.0 Å². The van der Waals surface area contributed by atoms with Gasteiger partial charge in [-0.15, -0.1) is 0 Å². The average molecular weight is 380 g/mol. The van der Waals surface area contributed by atoms with Crippen molar-refractivity contribution < 1.29 is 13.2 Å². The predicted molar refractivity (Wildman–Crippen MR) is 106 cm³/mol. The summed E-state index contributed by atoms with van der Waals surface area (Å²) in [7, 11) is -3.63.